The summed E-state index contributed by atoms with van der Waals surface area (Å²) in [6, 6.07) is 11.9. The Morgan fingerprint density at radius 1 is 1.07 bits per heavy atom. The second-order valence-electron chi connectivity index (χ2n) is 6.23. The molecular formula is C20H13ClN4O2. The molecule has 0 radical (unpaired) electrons. The highest BCUT2D eigenvalue weighted by molar-refractivity contribution is 6.31. The maximum Gasteiger partial charge on any atom is 0.274 e. The maximum atomic E-state index is 13.0. The van der Waals surface area contributed by atoms with Crippen LogP contribution in [-0.4, -0.2) is 14.0 Å². The second-order valence-corrected chi connectivity index (χ2v) is 6.64. The van der Waals surface area contributed by atoms with Crippen LogP contribution in [0.5, 0.6) is 0 Å². The molecular weight excluding hydrogens is 364 g/mol. The van der Waals surface area contributed by atoms with Gasteiger partial charge in [-0.2, -0.15) is 5.26 Å². The number of rotatable bonds is 1. The maximum absolute atomic E-state index is 13.0. The Bertz CT molecular complexity index is 1410. The van der Waals surface area contributed by atoms with Crippen LogP contribution in [0.2, 0.25) is 5.02 Å². The zero-order valence-corrected chi connectivity index (χ0v) is 15.3. The lowest BCUT2D eigenvalue weighted by molar-refractivity contribution is 0.972. The van der Waals surface area contributed by atoms with Crippen LogP contribution in [0.15, 0.2) is 52.2 Å². The second kappa shape index (κ2) is 6.08. The van der Waals surface area contributed by atoms with E-state index in [1.54, 1.807) is 37.4 Å². The SMILES string of the molecule is Cc1c(Cl)cccc1-n1c(=O)c(C#N)cc2c(=O)n3cccc(C)c3nc21. The first-order valence-corrected chi connectivity index (χ1v) is 8.55. The van der Waals surface area contributed by atoms with Gasteiger partial charge >= 0.3 is 0 Å². The molecule has 0 aliphatic rings. The zero-order valence-electron chi connectivity index (χ0n) is 14.5. The standard InChI is InChI=1S/C20H13ClN4O2/c1-11-5-4-8-24-17(11)23-18-14(20(24)27)9-13(10-22)19(26)25(18)16-7-3-6-15(21)12(16)2/h3-9H,1-2H3. The Morgan fingerprint density at radius 2 is 1.85 bits per heavy atom. The van der Waals surface area contributed by atoms with Gasteiger partial charge in [0.15, 0.2) is 5.65 Å². The highest BCUT2D eigenvalue weighted by atomic mass is 35.5. The average Bonchev–Trinajstić information content (AvgIpc) is 2.65. The predicted molar refractivity (Wildman–Crippen MR) is 104 cm³/mol. The van der Waals surface area contributed by atoms with Crippen LogP contribution in [0.1, 0.15) is 16.7 Å². The van der Waals surface area contributed by atoms with Crippen molar-refractivity contribution in [2.24, 2.45) is 0 Å². The van der Waals surface area contributed by atoms with Crippen LogP contribution in [0, 0.1) is 25.2 Å². The van der Waals surface area contributed by atoms with Gasteiger partial charge in [0.2, 0.25) is 0 Å². The summed E-state index contributed by atoms with van der Waals surface area (Å²) in [4.78, 5) is 30.6. The lowest BCUT2D eigenvalue weighted by Crippen LogP contribution is -2.27. The number of aromatic nitrogens is 3. The molecule has 0 unspecified atom stereocenters. The fraction of sp³-hybridized carbons (Fsp3) is 0.100. The van der Waals surface area contributed by atoms with Crippen LogP contribution in [0.3, 0.4) is 0 Å². The zero-order chi connectivity index (χ0) is 19.3. The molecule has 0 saturated heterocycles. The van der Waals surface area contributed by atoms with E-state index in [0.29, 0.717) is 21.9 Å². The van der Waals surface area contributed by atoms with E-state index in [1.165, 1.54) is 15.0 Å². The number of hydrogen-bond donors (Lipinski definition) is 0. The van der Waals surface area contributed by atoms with Gasteiger partial charge in [-0.1, -0.05) is 23.7 Å². The number of benzene rings is 1. The van der Waals surface area contributed by atoms with Crippen LogP contribution in [0.4, 0.5) is 0 Å². The molecule has 0 fully saturated rings. The van der Waals surface area contributed by atoms with Crippen molar-refractivity contribution in [3.05, 3.63) is 85.0 Å². The fourth-order valence-corrected chi connectivity index (χ4v) is 3.33. The molecule has 0 N–H and O–H groups in total. The van der Waals surface area contributed by atoms with Crippen molar-refractivity contribution in [1.82, 2.24) is 14.0 Å². The molecule has 27 heavy (non-hydrogen) atoms. The molecule has 1 aromatic carbocycles. The topological polar surface area (TPSA) is 80.2 Å². The Kier molecular flexibility index (Phi) is 3.83. The minimum absolute atomic E-state index is 0.131. The molecule has 3 heterocycles. The molecule has 0 bridgehead atoms. The Hall–Kier alpha value is -3.43. The molecule has 0 aliphatic carbocycles. The molecule has 4 rings (SSSR count). The molecule has 3 aromatic heterocycles. The molecule has 0 spiro atoms. The van der Waals surface area contributed by atoms with Crippen LogP contribution in [-0.2, 0) is 0 Å². The highest BCUT2D eigenvalue weighted by Crippen LogP contribution is 2.24. The number of pyridine rings is 2. The van der Waals surface area contributed by atoms with E-state index in [4.69, 9.17) is 11.6 Å². The van der Waals surface area contributed by atoms with Crippen molar-refractivity contribution in [3.8, 4) is 11.8 Å². The van der Waals surface area contributed by atoms with Crippen molar-refractivity contribution < 1.29 is 0 Å². The molecule has 0 atom stereocenters. The van der Waals surface area contributed by atoms with E-state index in [-0.39, 0.29) is 22.2 Å². The Balaban J connectivity index is 2.32. The fourth-order valence-electron chi connectivity index (χ4n) is 3.16. The van der Waals surface area contributed by atoms with Gasteiger partial charge in [-0.05, 0) is 49.2 Å². The summed E-state index contributed by atoms with van der Waals surface area (Å²) >= 11 is 6.23. The van der Waals surface area contributed by atoms with E-state index in [1.807, 2.05) is 19.1 Å². The first-order valence-electron chi connectivity index (χ1n) is 8.17. The van der Waals surface area contributed by atoms with E-state index >= 15 is 0 Å². The normalized spacial score (nSPS) is 11.0. The number of nitrogens with zero attached hydrogens (tertiary/aromatic N) is 4. The van der Waals surface area contributed by atoms with Gasteiger partial charge in [0, 0.05) is 11.2 Å². The van der Waals surface area contributed by atoms with E-state index in [9.17, 15) is 14.9 Å². The molecule has 0 saturated carbocycles. The summed E-state index contributed by atoms with van der Waals surface area (Å²) in [5.41, 5.74) is 1.57. The molecule has 0 aliphatic heterocycles. The summed E-state index contributed by atoms with van der Waals surface area (Å²) in [5.74, 6) is 0. The first-order chi connectivity index (χ1) is 12.9. The van der Waals surface area contributed by atoms with Crippen molar-refractivity contribution in [2.75, 3.05) is 0 Å². The number of fused-ring (bicyclic) bond motifs is 2. The van der Waals surface area contributed by atoms with Crippen molar-refractivity contribution >= 4 is 28.3 Å². The van der Waals surface area contributed by atoms with Gasteiger partial charge in [0.05, 0.1) is 11.1 Å². The number of hydrogen-bond acceptors (Lipinski definition) is 4. The van der Waals surface area contributed by atoms with Gasteiger partial charge < -0.3 is 0 Å². The van der Waals surface area contributed by atoms with Crippen molar-refractivity contribution in [2.45, 2.75) is 13.8 Å². The molecule has 7 heteroatoms. The predicted octanol–water partition coefficient (Wildman–Crippen LogP) is 3.14. The van der Waals surface area contributed by atoms with E-state index in [0.717, 1.165) is 5.56 Å². The quantitative estimate of drug-likeness (QED) is 0.478. The first kappa shape index (κ1) is 17.0. The summed E-state index contributed by atoms with van der Waals surface area (Å²) in [7, 11) is 0. The van der Waals surface area contributed by atoms with Gasteiger partial charge in [-0.3, -0.25) is 18.6 Å². The smallest absolute Gasteiger partial charge is 0.268 e. The minimum Gasteiger partial charge on any atom is -0.268 e. The molecule has 132 valence electrons. The van der Waals surface area contributed by atoms with Gasteiger partial charge in [0.25, 0.3) is 11.1 Å². The molecule has 0 amide bonds. The average molecular weight is 377 g/mol. The van der Waals surface area contributed by atoms with Gasteiger partial charge in [0.1, 0.15) is 17.3 Å². The van der Waals surface area contributed by atoms with E-state index in [2.05, 4.69) is 4.98 Å². The lowest BCUT2D eigenvalue weighted by atomic mass is 10.1. The summed E-state index contributed by atoms with van der Waals surface area (Å²) in [5, 5.41) is 10.1. The molecule has 4 aromatic rings. The third-order valence-corrected chi connectivity index (χ3v) is 5.01. The van der Waals surface area contributed by atoms with Gasteiger partial charge in [-0.15, -0.1) is 0 Å². The monoisotopic (exact) mass is 376 g/mol. The summed E-state index contributed by atoms with van der Waals surface area (Å²) in [6.45, 7) is 3.61. The Morgan fingerprint density at radius 3 is 2.59 bits per heavy atom. The molecule has 6 nitrogen and oxygen atoms in total. The van der Waals surface area contributed by atoms with Crippen molar-refractivity contribution in [3.63, 3.8) is 0 Å². The summed E-state index contributed by atoms with van der Waals surface area (Å²) in [6.07, 6.45) is 1.61. The van der Waals surface area contributed by atoms with Crippen LogP contribution < -0.4 is 11.1 Å². The van der Waals surface area contributed by atoms with Crippen LogP contribution in [0.25, 0.3) is 22.4 Å². The third kappa shape index (κ3) is 2.44. The van der Waals surface area contributed by atoms with Crippen LogP contribution >= 0.6 is 11.6 Å². The minimum atomic E-state index is -0.541. The lowest BCUT2D eigenvalue weighted by Gasteiger charge is -2.14. The highest BCUT2D eigenvalue weighted by Gasteiger charge is 2.18. The number of halogens is 1. The van der Waals surface area contributed by atoms with Gasteiger partial charge in [-0.25, -0.2) is 4.98 Å². The third-order valence-electron chi connectivity index (χ3n) is 4.60. The largest absolute Gasteiger partial charge is 0.274 e. The van der Waals surface area contributed by atoms with E-state index < -0.39 is 5.56 Å². The summed E-state index contributed by atoms with van der Waals surface area (Å²) < 4.78 is 2.71. The number of aryl methyl sites for hydroxylation is 1. The van der Waals surface area contributed by atoms with Crippen molar-refractivity contribution in [1.29, 1.82) is 5.26 Å². The Labute approximate surface area is 158 Å². The number of nitriles is 1.